The van der Waals surface area contributed by atoms with Gasteiger partial charge in [0.25, 0.3) is 0 Å². The fraction of sp³-hybridized carbons (Fsp3) is 0. The molecule has 0 aliphatic carbocycles. The van der Waals surface area contributed by atoms with Crippen molar-refractivity contribution in [1.29, 1.82) is 0 Å². The summed E-state index contributed by atoms with van der Waals surface area (Å²) in [5.41, 5.74) is 0. The SMILES string of the molecule is [Sn+4].c1ccncc1. The van der Waals surface area contributed by atoms with Crippen LogP contribution in [0, 0.1) is 0 Å². The van der Waals surface area contributed by atoms with Crippen LogP contribution in [0.2, 0.25) is 0 Å². The number of hydrogen-bond donors (Lipinski definition) is 0. The first-order chi connectivity index (χ1) is 3.00. The van der Waals surface area contributed by atoms with Gasteiger partial charge in [-0.3, -0.25) is 4.98 Å². The Balaban J connectivity index is 0.000000360. The average molecular weight is 198 g/mol. The average Bonchev–Trinajstić information content (AvgIpc) is 1.72. The number of nitrogens with zero attached hydrogens (tertiary/aromatic N) is 1. The summed E-state index contributed by atoms with van der Waals surface area (Å²) >= 11 is 0. The van der Waals surface area contributed by atoms with E-state index in [1.807, 2.05) is 18.2 Å². The maximum absolute atomic E-state index is 3.78. The van der Waals surface area contributed by atoms with Crippen molar-refractivity contribution in [2.45, 2.75) is 0 Å². The summed E-state index contributed by atoms with van der Waals surface area (Å²) in [6, 6.07) is 5.72. The molecule has 30 valence electrons. The minimum Gasteiger partial charge on any atom is -0.265 e. The van der Waals surface area contributed by atoms with Crippen molar-refractivity contribution >= 4 is 23.9 Å². The van der Waals surface area contributed by atoms with Crippen molar-refractivity contribution < 1.29 is 0 Å². The zero-order valence-corrected chi connectivity index (χ0v) is 6.69. The van der Waals surface area contributed by atoms with E-state index in [9.17, 15) is 0 Å². The fourth-order valence-corrected chi connectivity index (χ4v) is 0.313. The Labute approximate surface area is 59.7 Å². The van der Waals surface area contributed by atoms with Crippen LogP contribution < -0.4 is 0 Å². The molecule has 1 aromatic rings. The summed E-state index contributed by atoms with van der Waals surface area (Å²) < 4.78 is 0. The van der Waals surface area contributed by atoms with E-state index >= 15 is 0 Å². The van der Waals surface area contributed by atoms with Crippen LogP contribution in [0.5, 0.6) is 0 Å². The molecule has 7 heavy (non-hydrogen) atoms. The Morgan fingerprint density at radius 3 is 1.57 bits per heavy atom. The summed E-state index contributed by atoms with van der Waals surface area (Å²) in [6.07, 6.45) is 3.50. The topological polar surface area (TPSA) is 12.9 Å². The second-order valence-electron chi connectivity index (χ2n) is 1.02. The monoisotopic (exact) mass is 199 g/mol. The van der Waals surface area contributed by atoms with Crippen LogP contribution in [0.25, 0.3) is 0 Å². The quantitative estimate of drug-likeness (QED) is 0.559. The first-order valence-corrected chi connectivity index (χ1v) is 1.85. The molecule has 0 aromatic carbocycles. The number of hydrogen-bond acceptors (Lipinski definition) is 1. The van der Waals surface area contributed by atoms with E-state index in [-0.39, 0.29) is 23.9 Å². The second-order valence-corrected chi connectivity index (χ2v) is 1.02. The predicted octanol–water partition coefficient (Wildman–Crippen LogP) is 0.701. The molecule has 0 radical (unpaired) electrons. The van der Waals surface area contributed by atoms with E-state index in [1.165, 1.54) is 0 Å². The van der Waals surface area contributed by atoms with Gasteiger partial charge in [-0.05, 0) is 12.1 Å². The first kappa shape index (κ1) is 6.95. The summed E-state index contributed by atoms with van der Waals surface area (Å²) in [5, 5.41) is 0. The number of pyridine rings is 1. The molecule has 0 N–H and O–H groups in total. The van der Waals surface area contributed by atoms with E-state index in [0.29, 0.717) is 0 Å². The third-order valence-electron chi connectivity index (χ3n) is 0.566. The molecule has 1 rings (SSSR count). The molecule has 0 fully saturated rings. The van der Waals surface area contributed by atoms with Crippen molar-refractivity contribution in [3.63, 3.8) is 0 Å². The molecule has 0 atom stereocenters. The molecular weight excluding hydrogens is 193 g/mol. The Bertz CT molecular complexity index is 80.0. The molecule has 0 saturated carbocycles. The van der Waals surface area contributed by atoms with Crippen molar-refractivity contribution in [3.05, 3.63) is 30.6 Å². The van der Waals surface area contributed by atoms with Gasteiger partial charge in [0.1, 0.15) is 0 Å². The van der Waals surface area contributed by atoms with E-state index < -0.39 is 0 Å². The van der Waals surface area contributed by atoms with Gasteiger partial charge in [0, 0.05) is 12.4 Å². The van der Waals surface area contributed by atoms with Gasteiger partial charge in [-0.25, -0.2) is 0 Å². The van der Waals surface area contributed by atoms with E-state index in [2.05, 4.69) is 4.98 Å². The molecule has 1 aromatic heterocycles. The minimum absolute atomic E-state index is 0. The van der Waals surface area contributed by atoms with Gasteiger partial charge in [0.2, 0.25) is 0 Å². The van der Waals surface area contributed by atoms with Crippen LogP contribution in [-0.2, 0) is 0 Å². The van der Waals surface area contributed by atoms with Crippen LogP contribution in [0.3, 0.4) is 0 Å². The van der Waals surface area contributed by atoms with Crippen LogP contribution in [0.15, 0.2) is 30.6 Å². The van der Waals surface area contributed by atoms with E-state index in [0.717, 1.165) is 0 Å². The molecule has 1 heterocycles. The molecule has 0 bridgehead atoms. The summed E-state index contributed by atoms with van der Waals surface area (Å²) in [6.45, 7) is 0. The predicted molar refractivity (Wildman–Crippen MR) is 30.0 cm³/mol. The van der Waals surface area contributed by atoms with Crippen LogP contribution in [0.4, 0.5) is 0 Å². The van der Waals surface area contributed by atoms with Crippen molar-refractivity contribution in [1.82, 2.24) is 4.98 Å². The zero-order chi connectivity index (χ0) is 4.24. The van der Waals surface area contributed by atoms with Gasteiger partial charge in [-0.2, -0.15) is 0 Å². The van der Waals surface area contributed by atoms with Gasteiger partial charge in [0.05, 0.1) is 0 Å². The van der Waals surface area contributed by atoms with E-state index in [4.69, 9.17) is 0 Å². The Hall–Kier alpha value is -0.0513. The standard InChI is InChI=1S/C5H5N.Sn/c1-2-4-6-5-3-1;/h1-5H;/q;+4. The van der Waals surface area contributed by atoms with Crippen molar-refractivity contribution in [2.24, 2.45) is 0 Å². The second kappa shape index (κ2) is 4.12. The molecule has 0 spiro atoms. The molecule has 0 unspecified atom stereocenters. The minimum atomic E-state index is 0. The summed E-state index contributed by atoms with van der Waals surface area (Å²) in [5.74, 6) is 0. The molecule has 0 aliphatic heterocycles. The number of aromatic nitrogens is 1. The third-order valence-corrected chi connectivity index (χ3v) is 0.566. The maximum Gasteiger partial charge on any atom is 4.00 e. The first-order valence-electron chi connectivity index (χ1n) is 1.85. The molecule has 0 aliphatic rings. The normalized spacial score (nSPS) is 6.86. The van der Waals surface area contributed by atoms with Gasteiger partial charge in [-0.1, -0.05) is 6.07 Å². The fourth-order valence-electron chi connectivity index (χ4n) is 0.313. The molecule has 0 amide bonds. The maximum atomic E-state index is 3.78. The molecule has 1 nitrogen and oxygen atoms in total. The van der Waals surface area contributed by atoms with Crippen LogP contribution in [0.1, 0.15) is 0 Å². The van der Waals surface area contributed by atoms with Gasteiger partial charge in [-0.15, -0.1) is 0 Å². The number of rotatable bonds is 0. The third kappa shape index (κ3) is 2.62. The van der Waals surface area contributed by atoms with Crippen LogP contribution in [-0.4, -0.2) is 28.9 Å². The molecule has 0 saturated heterocycles. The van der Waals surface area contributed by atoms with Gasteiger partial charge < -0.3 is 0 Å². The van der Waals surface area contributed by atoms with Gasteiger partial charge in [0.15, 0.2) is 0 Å². The van der Waals surface area contributed by atoms with Crippen molar-refractivity contribution in [3.8, 4) is 0 Å². The van der Waals surface area contributed by atoms with Crippen molar-refractivity contribution in [2.75, 3.05) is 0 Å². The molecular formula is C5H5NSn+4. The zero-order valence-electron chi connectivity index (χ0n) is 3.83. The molecule has 2 heteroatoms. The Morgan fingerprint density at radius 1 is 0.857 bits per heavy atom. The summed E-state index contributed by atoms with van der Waals surface area (Å²) in [7, 11) is 0. The van der Waals surface area contributed by atoms with Gasteiger partial charge >= 0.3 is 23.9 Å². The van der Waals surface area contributed by atoms with E-state index in [1.54, 1.807) is 12.4 Å². The Kier molecular flexibility index (Phi) is 4.09. The Morgan fingerprint density at radius 2 is 1.43 bits per heavy atom. The largest absolute Gasteiger partial charge is 4.00 e. The van der Waals surface area contributed by atoms with Crippen LogP contribution >= 0.6 is 0 Å². The summed E-state index contributed by atoms with van der Waals surface area (Å²) in [4.78, 5) is 3.78. The smallest absolute Gasteiger partial charge is 0.265 e.